The maximum absolute atomic E-state index is 12.1. The number of ether oxygens (including phenoxy) is 1. The molecule has 4 heteroatoms. The summed E-state index contributed by atoms with van der Waals surface area (Å²) in [4.78, 5) is 12.1. The van der Waals surface area contributed by atoms with Crippen molar-refractivity contribution in [2.24, 2.45) is 0 Å². The Morgan fingerprint density at radius 1 is 1.10 bits per heavy atom. The van der Waals surface area contributed by atoms with Crippen LogP contribution in [-0.4, -0.2) is 11.7 Å². The van der Waals surface area contributed by atoms with Crippen molar-refractivity contribution in [1.82, 2.24) is 4.57 Å². The highest BCUT2D eigenvalue weighted by Gasteiger charge is 2.10. The first-order chi connectivity index (χ1) is 10.1. The highest BCUT2D eigenvalue weighted by Crippen LogP contribution is 2.20. The molecule has 0 radical (unpaired) electrons. The number of nitrogens with zero attached hydrogens (tertiary/aromatic N) is 1. The second-order valence-corrected chi connectivity index (χ2v) is 5.28. The van der Waals surface area contributed by atoms with E-state index in [1.54, 1.807) is 11.7 Å². The normalized spacial score (nSPS) is 11.0. The molecule has 4 nitrogen and oxygen atoms in total. The Hall–Kier alpha value is -2.49. The summed E-state index contributed by atoms with van der Waals surface area (Å²) in [6.07, 6.45) is 0. The van der Waals surface area contributed by atoms with Gasteiger partial charge < -0.3 is 9.15 Å². The minimum atomic E-state index is -0.337. The summed E-state index contributed by atoms with van der Waals surface area (Å²) in [6, 6.07) is 11.7. The number of aromatic nitrogens is 1. The van der Waals surface area contributed by atoms with Gasteiger partial charge in [0.25, 0.3) is 0 Å². The lowest BCUT2D eigenvalue weighted by Crippen LogP contribution is -2.15. The van der Waals surface area contributed by atoms with Gasteiger partial charge in [0.2, 0.25) is 0 Å². The molecule has 0 amide bonds. The monoisotopic (exact) mass is 283 g/mol. The van der Waals surface area contributed by atoms with E-state index in [9.17, 15) is 4.79 Å². The van der Waals surface area contributed by atoms with Crippen LogP contribution in [0.15, 0.2) is 45.6 Å². The number of fused-ring (bicyclic) bond motifs is 1. The second kappa shape index (κ2) is 5.13. The first kappa shape index (κ1) is 13.5. The Labute approximate surface area is 122 Å². The lowest BCUT2D eigenvalue weighted by Gasteiger charge is -2.07. The molecule has 2 aromatic carbocycles. The van der Waals surface area contributed by atoms with Crippen molar-refractivity contribution >= 4 is 11.1 Å². The molecule has 0 spiro atoms. The zero-order valence-corrected chi connectivity index (χ0v) is 12.3. The smallest absolute Gasteiger partial charge is 0.420 e. The van der Waals surface area contributed by atoms with Gasteiger partial charge in [0, 0.05) is 0 Å². The fourth-order valence-corrected chi connectivity index (χ4v) is 2.54. The molecular formula is C17H17NO3. The molecule has 0 fully saturated rings. The van der Waals surface area contributed by atoms with Crippen molar-refractivity contribution in [1.29, 1.82) is 0 Å². The van der Waals surface area contributed by atoms with Gasteiger partial charge >= 0.3 is 5.76 Å². The molecule has 0 atom stereocenters. The minimum absolute atomic E-state index is 0.337. The van der Waals surface area contributed by atoms with Crippen molar-refractivity contribution in [2.45, 2.75) is 20.4 Å². The Balaban J connectivity index is 2.09. The number of oxazole rings is 1. The summed E-state index contributed by atoms with van der Waals surface area (Å²) in [6.45, 7) is 4.47. The van der Waals surface area contributed by atoms with E-state index in [1.165, 1.54) is 0 Å². The Kier molecular flexibility index (Phi) is 3.29. The van der Waals surface area contributed by atoms with E-state index in [1.807, 2.05) is 50.2 Å². The SMILES string of the molecule is COc1cc(C)cc(Cn2c(=O)oc3ccc(C)cc32)c1. The van der Waals surface area contributed by atoms with Crippen molar-refractivity contribution < 1.29 is 9.15 Å². The summed E-state index contributed by atoms with van der Waals surface area (Å²) < 4.78 is 12.2. The summed E-state index contributed by atoms with van der Waals surface area (Å²) >= 11 is 0. The standard InChI is InChI=1S/C17H17NO3/c1-11-4-5-16-15(8-11)18(17(19)21-16)10-13-6-12(2)7-14(9-13)20-3/h4-9H,10H2,1-3H3. The molecule has 3 aromatic rings. The Bertz CT molecular complexity index is 858. The topological polar surface area (TPSA) is 44.4 Å². The van der Waals surface area contributed by atoms with E-state index in [2.05, 4.69) is 0 Å². The van der Waals surface area contributed by atoms with Gasteiger partial charge in [-0.15, -0.1) is 0 Å². The van der Waals surface area contributed by atoms with Crippen molar-refractivity contribution in [3.05, 3.63) is 63.6 Å². The van der Waals surface area contributed by atoms with Crippen LogP contribution in [0, 0.1) is 13.8 Å². The number of rotatable bonds is 3. The molecule has 1 heterocycles. The fourth-order valence-electron chi connectivity index (χ4n) is 2.54. The van der Waals surface area contributed by atoms with Gasteiger partial charge in [0.05, 0.1) is 19.2 Å². The van der Waals surface area contributed by atoms with E-state index in [4.69, 9.17) is 9.15 Å². The summed E-state index contributed by atoms with van der Waals surface area (Å²) in [5.74, 6) is 0.457. The van der Waals surface area contributed by atoms with Crippen LogP contribution in [0.3, 0.4) is 0 Å². The molecule has 108 valence electrons. The molecule has 0 saturated heterocycles. The van der Waals surface area contributed by atoms with E-state index in [-0.39, 0.29) is 5.76 Å². The van der Waals surface area contributed by atoms with Crippen LogP contribution >= 0.6 is 0 Å². The van der Waals surface area contributed by atoms with Crippen LogP contribution in [0.4, 0.5) is 0 Å². The second-order valence-electron chi connectivity index (χ2n) is 5.28. The third-order valence-corrected chi connectivity index (χ3v) is 3.51. The van der Waals surface area contributed by atoms with E-state index >= 15 is 0 Å². The highest BCUT2D eigenvalue weighted by molar-refractivity contribution is 5.73. The maximum atomic E-state index is 12.1. The largest absolute Gasteiger partial charge is 0.497 e. The quantitative estimate of drug-likeness (QED) is 0.741. The Morgan fingerprint density at radius 3 is 2.67 bits per heavy atom. The van der Waals surface area contributed by atoms with E-state index < -0.39 is 0 Å². The molecule has 0 unspecified atom stereocenters. The van der Waals surface area contributed by atoms with Crippen LogP contribution in [0.25, 0.3) is 11.1 Å². The molecule has 0 aliphatic carbocycles. The molecule has 0 saturated carbocycles. The lowest BCUT2D eigenvalue weighted by atomic mass is 10.1. The zero-order valence-electron chi connectivity index (χ0n) is 12.3. The molecular weight excluding hydrogens is 266 g/mol. The number of aryl methyl sites for hydroxylation is 2. The van der Waals surface area contributed by atoms with Crippen LogP contribution < -0.4 is 10.5 Å². The predicted octanol–water partition coefficient (Wildman–Crippen LogP) is 3.27. The highest BCUT2D eigenvalue weighted by atomic mass is 16.5. The first-order valence-corrected chi connectivity index (χ1v) is 6.81. The van der Waals surface area contributed by atoms with Crippen LogP contribution in [0.5, 0.6) is 5.75 Å². The van der Waals surface area contributed by atoms with Gasteiger partial charge in [-0.05, 0) is 54.8 Å². The van der Waals surface area contributed by atoms with Gasteiger partial charge in [-0.2, -0.15) is 0 Å². The third kappa shape index (κ3) is 2.57. The summed E-state index contributed by atoms with van der Waals surface area (Å²) in [7, 11) is 1.64. The maximum Gasteiger partial charge on any atom is 0.420 e. The molecule has 0 bridgehead atoms. The molecule has 3 rings (SSSR count). The summed E-state index contributed by atoms with van der Waals surface area (Å²) in [5.41, 5.74) is 4.64. The lowest BCUT2D eigenvalue weighted by molar-refractivity contribution is 0.413. The average molecular weight is 283 g/mol. The van der Waals surface area contributed by atoms with Crippen molar-refractivity contribution in [2.75, 3.05) is 7.11 Å². The van der Waals surface area contributed by atoms with Crippen molar-refractivity contribution in [3.63, 3.8) is 0 Å². The van der Waals surface area contributed by atoms with Gasteiger partial charge in [-0.1, -0.05) is 12.1 Å². The van der Waals surface area contributed by atoms with Crippen LogP contribution in [-0.2, 0) is 6.54 Å². The predicted molar refractivity (Wildman–Crippen MR) is 82.0 cm³/mol. The van der Waals surface area contributed by atoms with E-state index in [0.717, 1.165) is 28.0 Å². The third-order valence-electron chi connectivity index (χ3n) is 3.51. The molecule has 0 aliphatic heterocycles. The van der Waals surface area contributed by atoms with Crippen LogP contribution in [0.1, 0.15) is 16.7 Å². The van der Waals surface area contributed by atoms with E-state index in [0.29, 0.717) is 12.1 Å². The fraction of sp³-hybridized carbons (Fsp3) is 0.235. The number of hydrogen-bond donors (Lipinski definition) is 0. The number of methoxy groups -OCH3 is 1. The van der Waals surface area contributed by atoms with Gasteiger partial charge in [-0.3, -0.25) is 4.57 Å². The summed E-state index contributed by atoms with van der Waals surface area (Å²) in [5, 5.41) is 0. The molecule has 1 aromatic heterocycles. The number of hydrogen-bond acceptors (Lipinski definition) is 3. The average Bonchev–Trinajstić information content (AvgIpc) is 2.74. The Morgan fingerprint density at radius 2 is 1.90 bits per heavy atom. The van der Waals surface area contributed by atoms with Crippen molar-refractivity contribution in [3.8, 4) is 5.75 Å². The number of benzene rings is 2. The van der Waals surface area contributed by atoms with Gasteiger partial charge in [-0.25, -0.2) is 4.79 Å². The van der Waals surface area contributed by atoms with Crippen LogP contribution in [0.2, 0.25) is 0 Å². The zero-order chi connectivity index (χ0) is 15.0. The van der Waals surface area contributed by atoms with Gasteiger partial charge in [0.1, 0.15) is 5.75 Å². The molecule has 0 N–H and O–H groups in total. The molecule has 21 heavy (non-hydrogen) atoms. The first-order valence-electron chi connectivity index (χ1n) is 6.81. The van der Waals surface area contributed by atoms with Gasteiger partial charge in [0.15, 0.2) is 5.58 Å². The minimum Gasteiger partial charge on any atom is -0.497 e. The molecule has 0 aliphatic rings.